The number of rotatable bonds is 4. The van der Waals surface area contributed by atoms with Crippen LogP contribution in [0.5, 0.6) is 0 Å². The lowest BCUT2D eigenvalue weighted by molar-refractivity contribution is -0.0467. The summed E-state index contributed by atoms with van der Waals surface area (Å²) in [6, 6.07) is 28.6. The molecule has 2 saturated heterocycles. The molecule has 5 nitrogen and oxygen atoms in total. The Morgan fingerprint density at radius 3 is 2.03 bits per heavy atom. The lowest BCUT2D eigenvalue weighted by atomic mass is 10.0. The fourth-order valence-electron chi connectivity index (χ4n) is 4.70. The van der Waals surface area contributed by atoms with Crippen molar-refractivity contribution in [2.75, 3.05) is 6.54 Å². The Morgan fingerprint density at radius 1 is 0.912 bits per heavy atom. The molecule has 3 atom stereocenters. The van der Waals surface area contributed by atoms with Crippen LogP contribution in [-0.4, -0.2) is 41.0 Å². The zero-order valence-electron chi connectivity index (χ0n) is 19.8. The topological polar surface area (TPSA) is 51.1 Å². The first kappa shape index (κ1) is 22.4. The van der Waals surface area contributed by atoms with E-state index in [9.17, 15) is 4.79 Å². The van der Waals surface area contributed by atoms with Gasteiger partial charge in [-0.25, -0.2) is 9.79 Å². The van der Waals surface area contributed by atoms with E-state index in [0.29, 0.717) is 6.54 Å². The van der Waals surface area contributed by atoms with Crippen LogP contribution in [0.2, 0.25) is 0 Å². The van der Waals surface area contributed by atoms with Crippen molar-refractivity contribution in [2.24, 2.45) is 4.99 Å². The molecule has 2 aliphatic heterocycles. The Balaban J connectivity index is 1.38. The van der Waals surface area contributed by atoms with Gasteiger partial charge in [0, 0.05) is 11.1 Å². The third-order valence-electron chi connectivity index (χ3n) is 6.18. The van der Waals surface area contributed by atoms with Crippen molar-refractivity contribution in [3.8, 4) is 0 Å². The van der Waals surface area contributed by atoms with Gasteiger partial charge in [0.25, 0.3) is 0 Å². The summed E-state index contributed by atoms with van der Waals surface area (Å²) in [4.78, 5) is 19.5. The van der Waals surface area contributed by atoms with Gasteiger partial charge in [0.05, 0.1) is 30.1 Å². The minimum atomic E-state index is -0.510. The SMILES string of the molecule is CC(C)(C)OC(=O)N1C[C@H]2C[C@@H]1[C@H](c1ccc(N=C(c3ccccc3)c3ccccc3)cc1)O2. The summed E-state index contributed by atoms with van der Waals surface area (Å²) in [5.41, 5.74) is 4.49. The first-order valence-corrected chi connectivity index (χ1v) is 11.8. The maximum absolute atomic E-state index is 12.7. The fourth-order valence-corrected chi connectivity index (χ4v) is 4.70. The number of nitrogens with zero attached hydrogens (tertiary/aromatic N) is 2. The number of likely N-dealkylation sites (tertiary alicyclic amines) is 1. The second-order valence-corrected chi connectivity index (χ2v) is 9.90. The van der Waals surface area contributed by atoms with E-state index in [1.807, 2.05) is 74.2 Å². The maximum atomic E-state index is 12.7. The van der Waals surface area contributed by atoms with Crippen molar-refractivity contribution in [3.05, 3.63) is 102 Å². The molecule has 0 radical (unpaired) electrons. The molecule has 5 heteroatoms. The summed E-state index contributed by atoms with van der Waals surface area (Å²) in [7, 11) is 0. The Bertz CT molecular complexity index is 1130. The standard InChI is InChI=1S/C29H30N2O3/c1-29(2,3)34-28(32)31-19-24-18-25(31)27(33-24)22-14-16-23(17-15-22)30-26(20-10-6-4-7-11-20)21-12-8-5-9-13-21/h4-17,24-25,27H,18-19H2,1-3H3/t24-,25-,27+/m1/s1. The summed E-state index contributed by atoms with van der Waals surface area (Å²) >= 11 is 0. The van der Waals surface area contributed by atoms with Crippen LogP contribution in [0.3, 0.4) is 0 Å². The van der Waals surface area contributed by atoms with Crippen molar-refractivity contribution >= 4 is 17.5 Å². The number of carbonyl (C=O) groups is 1. The molecule has 3 aromatic rings. The molecule has 0 aromatic heterocycles. The summed E-state index contributed by atoms with van der Waals surface area (Å²) in [6.45, 7) is 6.28. The van der Waals surface area contributed by atoms with Crippen molar-refractivity contribution in [3.63, 3.8) is 0 Å². The van der Waals surface area contributed by atoms with Gasteiger partial charge >= 0.3 is 6.09 Å². The molecule has 1 amide bonds. The number of benzene rings is 3. The van der Waals surface area contributed by atoms with Gasteiger partial charge < -0.3 is 9.47 Å². The third-order valence-corrected chi connectivity index (χ3v) is 6.18. The van der Waals surface area contributed by atoms with Crippen molar-refractivity contribution in [1.82, 2.24) is 4.90 Å². The normalized spacial score (nSPS) is 21.4. The van der Waals surface area contributed by atoms with Crippen LogP contribution in [0.4, 0.5) is 10.5 Å². The van der Waals surface area contributed by atoms with Crippen LogP contribution in [0.15, 0.2) is 89.9 Å². The van der Waals surface area contributed by atoms with Gasteiger partial charge in [-0.15, -0.1) is 0 Å². The molecule has 34 heavy (non-hydrogen) atoms. The van der Waals surface area contributed by atoms with E-state index >= 15 is 0 Å². The van der Waals surface area contributed by atoms with Gasteiger partial charge in [-0.05, 0) is 44.9 Å². The summed E-state index contributed by atoms with van der Waals surface area (Å²) in [6.07, 6.45) is 0.496. The number of amides is 1. The molecule has 0 spiro atoms. The number of ether oxygens (including phenoxy) is 2. The van der Waals surface area contributed by atoms with Crippen molar-refractivity contribution < 1.29 is 14.3 Å². The lowest BCUT2D eigenvalue weighted by Crippen LogP contribution is -2.45. The molecule has 0 N–H and O–H groups in total. The number of carbonyl (C=O) groups excluding carboxylic acids is 1. The van der Waals surface area contributed by atoms with Gasteiger partial charge in [-0.1, -0.05) is 72.8 Å². The second kappa shape index (κ2) is 9.07. The zero-order valence-corrected chi connectivity index (χ0v) is 19.8. The Hall–Kier alpha value is -3.44. The van der Waals surface area contributed by atoms with Crippen LogP contribution >= 0.6 is 0 Å². The lowest BCUT2D eigenvalue weighted by Gasteiger charge is -2.34. The Kier molecular flexibility index (Phi) is 5.96. The highest BCUT2D eigenvalue weighted by molar-refractivity contribution is 6.13. The molecule has 0 saturated carbocycles. The number of hydrogen-bond donors (Lipinski definition) is 0. The zero-order chi connectivity index (χ0) is 23.7. The van der Waals surface area contributed by atoms with Crippen molar-refractivity contribution in [1.29, 1.82) is 0 Å². The highest BCUT2D eigenvalue weighted by Gasteiger charge is 2.49. The predicted octanol–water partition coefficient (Wildman–Crippen LogP) is 6.31. The van der Waals surface area contributed by atoms with Crippen LogP contribution in [-0.2, 0) is 9.47 Å². The van der Waals surface area contributed by atoms with Crippen molar-refractivity contribution in [2.45, 2.75) is 51.0 Å². The molecular weight excluding hydrogens is 424 g/mol. The highest BCUT2D eigenvalue weighted by atomic mass is 16.6. The molecule has 3 aromatic carbocycles. The van der Waals surface area contributed by atoms with E-state index in [0.717, 1.165) is 34.5 Å². The molecule has 2 aliphatic rings. The maximum Gasteiger partial charge on any atom is 0.410 e. The Labute approximate surface area is 201 Å². The molecule has 0 aliphatic carbocycles. The van der Waals surface area contributed by atoms with Gasteiger partial charge in [0.15, 0.2) is 0 Å². The van der Waals surface area contributed by atoms with Gasteiger partial charge in [-0.3, -0.25) is 4.90 Å². The smallest absolute Gasteiger partial charge is 0.410 e. The first-order chi connectivity index (χ1) is 16.4. The van der Waals surface area contributed by atoms with Crippen LogP contribution in [0, 0.1) is 0 Å². The molecule has 2 fully saturated rings. The number of aliphatic imine (C=N–C) groups is 1. The van der Waals surface area contributed by atoms with E-state index in [2.05, 4.69) is 36.4 Å². The first-order valence-electron chi connectivity index (χ1n) is 11.8. The van der Waals surface area contributed by atoms with Crippen LogP contribution < -0.4 is 0 Å². The van der Waals surface area contributed by atoms with E-state index < -0.39 is 5.60 Å². The monoisotopic (exact) mass is 454 g/mol. The van der Waals surface area contributed by atoms with Crippen LogP contribution in [0.25, 0.3) is 0 Å². The fraction of sp³-hybridized carbons (Fsp3) is 0.310. The van der Waals surface area contributed by atoms with E-state index in [1.165, 1.54) is 0 Å². The van der Waals surface area contributed by atoms with Gasteiger partial charge in [0.2, 0.25) is 0 Å². The summed E-state index contributed by atoms with van der Waals surface area (Å²) < 4.78 is 11.9. The summed E-state index contributed by atoms with van der Waals surface area (Å²) in [5, 5.41) is 0. The van der Waals surface area contributed by atoms with Gasteiger partial charge in [-0.2, -0.15) is 0 Å². The van der Waals surface area contributed by atoms with E-state index in [-0.39, 0.29) is 24.3 Å². The summed E-state index contributed by atoms with van der Waals surface area (Å²) in [5.74, 6) is 0. The number of hydrogen-bond acceptors (Lipinski definition) is 4. The second-order valence-electron chi connectivity index (χ2n) is 9.90. The molecule has 2 heterocycles. The average Bonchev–Trinajstić information content (AvgIpc) is 3.45. The molecule has 2 bridgehead atoms. The number of fused-ring (bicyclic) bond motifs is 2. The minimum Gasteiger partial charge on any atom is -0.444 e. The minimum absolute atomic E-state index is 0.00148. The predicted molar refractivity (Wildman–Crippen MR) is 134 cm³/mol. The van der Waals surface area contributed by atoms with E-state index in [4.69, 9.17) is 14.5 Å². The molecule has 5 rings (SSSR count). The van der Waals surface area contributed by atoms with Gasteiger partial charge in [0.1, 0.15) is 11.7 Å². The number of morpholine rings is 1. The Morgan fingerprint density at radius 2 is 1.50 bits per heavy atom. The van der Waals surface area contributed by atoms with E-state index in [1.54, 1.807) is 0 Å². The average molecular weight is 455 g/mol. The quantitative estimate of drug-likeness (QED) is 0.434. The molecule has 0 unspecified atom stereocenters. The molecule has 174 valence electrons. The van der Waals surface area contributed by atoms with Crippen LogP contribution in [0.1, 0.15) is 50.0 Å². The largest absolute Gasteiger partial charge is 0.444 e. The highest BCUT2D eigenvalue weighted by Crippen LogP contribution is 2.43. The third kappa shape index (κ3) is 4.75. The molecular formula is C29H30N2O3.